The molecule has 32 heavy (non-hydrogen) atoms. The van der Waals surface area contributed by atoms with E-state index in [-0.39, 0.29) is 0 Å². The zero-order chi connectivity index (χ0) is 22.7. The van der Waals surface area contributed by atoms with Crippen LogP contribution >= 0.6 is 11.6 Å². The number of benzene rings is 3. The molecule has 0 aliphatic carbocycles. The normalized spacial score (nSPS) is 14.4. The van der Waals surface area contributed by atoms with Crippen LogP contribution in [0.4, 0.5) is 5.69 Å². The summed E-state index contributed by atoms with van der Waals surface area (Å²) in [5.74, 6) is -0.895. The SMILES string of the molecule is Cc1cc(N2CCN(Cc3cc(C=O)ccc3-c3ccc(Cl)cc3)CC2)ccc1C(=O)O. The molecule has 1 N–H and O–H groups in total. The second-order valence-electron chi connectivity index (χ2n) is 8.11. The van der Waals surface area contributed by atoms with E-state index < -0.39 is 5.97 Å². The van der Waals surface area contributed by atoms with Crippen LogP contribution in [-0.4, -0.2) is 48.4 Å². The summed E-state index contributed by atoms with van der Waals surface area (Å²) in [7, 11) is 0. The predicted octanol–water partition coefficient (Wildman–Crippen LogP) is 5.15. The van der Waals surface area contributed by atoms with Crippen molar-refractivity contribution in [3.63, 3.8) is 0 Å². The summed E-state index contributed by atoms with van der Waals surface area (Å²) in [5, 5.41) is 9.95. The standard InChI is InChI=1S/C26H25ClN2O3/c1-18-14-23(7-9-24(18)26(31)32)29-12-10-28(11-13-29)16-21-15-19(17-30)2-8-25(21)20-3-5-22(27)6-4-20/h2-9,14-15,17H,10-13,16H2,1H3,(H,31,32). The number of nitrogens with zero attached hydrogens (tertiary/aromatic N) is 2. The fourth-order valence-corrected chi connectivity index (χ4v) is 4.34. The third-order valence-corrected chi connectivity index (χ3v) is 6.24. The summed E-state index contributed by atoms with van der Waals surface area (Å²) in [5.41, 5.74) is 6.14. The van der Waals surface area contributed by atoms with Gasteiger partial charge in [-0.1, -0.05) is 35.9 Å². The van der Waals surface area contributed by atoms with Gasteiger partial charge < -0.3 is 10.0 Å². The van der Waals surface area contributed by atoms with Crippen LogP contribution in [0, 0.1) is 6.92 Å². The molecule has 0 radical (unpaired) electrons. The number of carboxylic acids is 1. The van der Waals surface area contributed by atoms with E-state index in [1.54, 1.807) is 6.07 Å². The third kappa shape index (κ3) is 4.85. The topological polar surface area (TPSA) is 60.9 Å². The van der Waals surface area contributed by atoms with Crippen LogP contribution in [-0.2, 0) is 6.54 Å². The Bertz CT molecular complexity index is 1140. The second kappa shape index (κ2) is 9.55. The van der Waals surface area contributed by atoms with Crippen molar-refractivity contribution < 1.29 is 14.7 Å². The summed E-state index contributed by atoms with van der Waals surface area (Å²) < 4.78 is 0. The quantitative estimate of drug-likeness (QED) is 0.528. The third-order valence-electron chi connectivity index (χ3n) is 5.99. The van der Waals surface area contributed by atoms with Gasteiger partial charge in [-0.25, -0.2) is 4.79 Å². The number of aromatic carboxylic acids is 1. The molecule has 1 saturated heterocycles. The summed E-state index contributed by atoms with van der Waals surface area (Å²) in [6, 6.07) is 19.1. The molecule has 4 rings (SSSR count). The lowest BCUT2D eigenvalue weighted by molar-refractivity contribution is 0.0696. The number of carbonyl (C=O) groups is 2. The minimum Gasteiger partial charge on any atom is -0.478 e. The minimum absolute atomic E-state index is 0.345. The monoisotopic (exact) mass is 448 g/mol. The molecule has 0 saturated carbocycles. The highest BCUT2D eigenvalue weighted by atomic mass is 35.5. The van der Waals surface area contributed by atoms with Gasteiger partial charge >= 0.3 is 5.97 Å². The smallest absolute Gasteiger partial charge is 0.335 e. The Morgan fingerprint density at radius 2 is 1.72 bits per heavy atom. The van der Waals surface area contributed by atoms with Crippen molar-refractivity contribution in [2.45, 2.75) is 13.5 Å². The summed E-state index contributed by atoms with van der Waals surface area (Å²) in [4.78, 5) is 27.3. The minimum atomic E-state index is -0.895. The van der Waals surface area contributed by atoms with Crippen LogP contribution in [0.3, 0.4) is 0 Å². The Morgan fingerprint density at radius 1 is 1.00 bits per heavy atom. The zero-order valence-electron chi connectivity index (χ0n) is 17.9. The number of aryl methyl sites for hydroxylation is 1. The average molecular weight is 449 g/mol. The second-order valence-corrected chi connectivity index (χ2v) is 8.55. The molecule has 0 bridgehead atoms. The predicted molar refractivity (Wildman–Crippen MR) is 128 cm³/mol. The maximum absolute atomic E-state index is 11.4. The van der Waals surface area contributed by atoms with Crippen LogP contribution < -0.4 is 4.90 Å². The molecule has 0 aromatic heterocycles. The van der Waals surface area contributed by atoms with Crippen molar-refractivity contribution in [3.8, 4) is 11.1 Å². The highest BCUT2D eigenvalue weighted by Gasteiger charge is 2.20. The van der Waals surface area contributed by atoms with E-state index in [4.69, 9.17) is 11.6 Å². The first-order chi connectivity index (χ1) is 15.4. The van der Waals surface area contributed by atoms with Crippen molar-refractivity contribution in [2.75, 3.05) is 31.1 Å². The molecule has 3 aromatic rings. The van der Waals surface area contributed by atoms with E-state index in [0.717, 1.165) is 67.0 Å². The molecule has 1 fully saturated rings. The van der Waals surface area contributed by atoms with E-state index in [0.29, 0.717) is 16.1 Å². The van der Waals surface area contributed by atoms with Gasteiger partial charge in [-0.3, -0.25) is 9.69 Å². The molecule has 6 heteroatoms. The zero-order valence-corrected chi connectivity index (χ0v) is 18.7. The van der Waals surface area contributed by atoms with Crippen LogP contribution in [0.5, 0.6) is 0 Å². The first-order valence-electron chi connectivity index (χ1n) is 10.6. The van der Waals surface area contributed by atoms with Crippen molar-refractivity contribution >= 4 is 29.5 Å². The number of piperazine rings is 1. The van der Waals surface area contributed by atoms with Gasteiger partial charge in [-0.05, 0) is 65.6 Å². The number of anilines is 1. The molecule has 164 valence electrons. The molecule has 1 aliphatic rings. The van der Waals surface area contributed by atoms with E-state index in [2.05, 4.69) is 9.80 Å². The van der Waals surface area contributed by atoms with Gasteiger partial charge in [0.2, 0.25) is 0 Å². The van der Waals surface area contributed by atoms with E-state index in [9.17, 15) is 14.7 Å². The molecule has 1 aliphatic heterocycles. The molecule has 0 atom stereocenters. The Balaban J connectivity index is 1.48. The molecule has 5 nitrogen and oxygen atoms in total. The van der Waals surface area contributed by atoms with Crippen molar-refractivity contribution in [2.24, 2.45) is 0 Å². The first kappa shape index (κ1) is 22.1. The van der Waals surface area contributed by atoms with Crippen LogP contribution in [0.25, 0.3) is 11.1 Å². The lowest BCUT2D eigenvalue weighted by atomic mass is 9.97. The molecule has 3 aromatic carbocycles. The number of hydrogen-bond acceptors (Lipinski definition) is 4. The summed E-state index contributed by atoms with van der Waals surface area (Å²) in [6.07, 6.45) is 0.885. The Hall–Kier alpha value is -3.15. The van der Waals surface area contributed by atoms with E-state index >= 15 is 0 Å². The maximum atomic E-state index is 11.4. The molecular formula is C26H25ClN2O3. The van der Waals surface area contributed by atoms with Crippen LogP contribution in [0.15, 0.2) is 60.7 Å². The summed E-state index contributed by atoms with van der Waals surface area (Å²) >= 11 is 6.05. The Kier molecular flexibility index (Phi) is 6.58. The lowest BCUT2D eigenvalue weighted by Gasteiger charge is -2.36. The highest BCUT2D eigenvalue weighted by molar-refractivity contribution is 6.30. The number of aldehydes is 1. The van der Waals surface area contributed by atoms with E-state index in [1.807, 2.05) is 61.5 Å². The lowest BCUT2D eigenvalue weighted by Crippen LogP contribution is -2.46. The van der Waals surface area contributed by atoms with Crippen LogP contribution in [0.2, 0.25) is 5.02 Å². The number of halogens is 1. The molecule has 0 unspecified atom stereocenters. The molecule has 0 spiro atoms. The maximum Gasteiger partial charge on any atom is 0.335 e. The average Bonchev–Trinajstić information content (AvgIpc) is 2.80. The van der Waals surface area contributed by atoms with Gasteiger partial charge in [-0.2, -0.15) is 0 Å². The van der Waals surface area contributed by atoms with Crippen molar-refractivity contribution in [3.05, 3.63) is 87.9 Å². The Labute approximate surface area is 192 Å². The molecule has 1 heterocycles. The van der Waals surface area contributed by atoms with Gasteiger partial charge in [0.05, 0.1) is 5.56 Å². The van der Waals surface area contributed by atoms with Crippen molar-refractivity contribution in [1.82, 2.24) is 4.90 Å². The number of hydrogen-bond donors (Lipinski definition) is 1. The van der Waals surface area contributed by atoms with Gasteiger partial charge in [-0.15, -0.1) is 0 Å². The van der Waals surface area contributed by atoms with E-state index in [1.165, 1.54) is 0 Å². The molecular weight excluding hydrogens is 424 g/mol. The largest absolute Gasteiger partial charge is 0.478 e. The highest BCUT2D eigenvalue weighted by Crippen LogP contribution is 2.28. The Morgan fingerprint density at radius 3 is 2.34 bits per heavy atom. The van der Waals surface area contributed by atoms with Gasteiger partial charge in [0, 0.05) is 49.0 Å². The van der Waals surface area contributed by atoms with Crippen LogP contribution in [0.1, 0.15) is 31.8 Å². The number of carbonyl (C=O) groups excluding carboxylic acids is 1. The van der Waals surface area contributed by atoms with Crippen molar-refractivity contribution in [1.29, 1.82) is 0 Å². The first-order valence-corrected chi connectivity index (χ1v) is 11.0. The van der Waals surface area contributed by atoms with Gasteiger partial charge in [0.1, 0.15) is 6.29 Å². The fourth-order valence-electron chi connectivity index (χ4n) is 4.22. The number of rotatable bonds is 6. The molecule has 0 amide bonds. The van der Waals surface area contributed by atoms with Gasteiger partial charge in [0.25, 0.3) is 0 Å². The summed E-state index contributed by atoms with van der Waals surface area (Å²) in [6.45, 7) is 6.06. The number of carboxylic acid groups (broad SMARTS) is 1. The van der Waals surface area contributed by atoms with Gasteiger partial charge in [0.15, 0.2) is 0 Å². The fraction of sp³-hybridized carbons (Fsp3) is 0.231.